The van der Waals surface area contributed by atoms with E-state index in [4.69, 9.17) is 5.26 Å². The molecule has 1 rings (SSSR count). The average molecular weight is 166 g/mol. The van der Waals surface area contributed by atoms with Gasteiger partial charge in [-0.15, -0.1) is 0 Å². The predicted octanol–water partition coefficient (Wildman–Crippen LogP) is 1.16. The number of hydrogen-bond acceptors (Lipinski definition) is 2. The maximum absolute atomic E-state index is 11.5. The summed E-state index contributed by atoms with van der Waals surface area (Å²) in [5.74, 6) is 0.123. The lowest BCUT2D eigenvalue weighted by molar-refractivity contribution is -0.134. The van der Waals surface area contributed by atoms with E-state index >= 15 is 0 Å². The van der Waals surface area contributed by atoms with Crippen molar-refractivity contribution < 1.29 is 4.79 Å². The fourth-order valence-electron chi connectivity index (χ4n) is 1.50. The molecule has 1 aliphatic rings. The molecule has 0 N–H and O–H groups in total. The summed E-state index contributed by atoms with van der Waals surface area (Å²) in [7, 11) is 0. The maximum Gasteiger partial charge on any atom is 0.226 e. The number of carbonyl (C=O) groups excluding carboxylic acids is 1. The Balaban J connectivity index is 2.63. The van der Waals surface area contributed by atoms with Gasteiger partial charge in [-0.25, -0.2) is 0 Å². The molecule has 1 fully saturated rings. The summed E-state index contributed by atoms with van der Waals surface area (Å²) >= 11 is 0. The quantitative estimate of drug-likeness (QED) is 0.586. The number of hydrogen-bond donors (Lipinski definition) is 0. The molecule has 0 aliphatic carbocycles. The average Bonchev–Trinajstić information content (AvgIpc) is 2.49. The second-order valence-electron chi connectivity index (χ2n) is 3.47. The summed E-state index contributed by atoms with van der Waals surface area (Å²) in [6, 6.07) is 1.99. The van der Waals surface area contributed by atoms with Crippen LogP contribution < -0.4 is 0 Å². The van der Waals surface area contributed by atoms with Gasteiger partial charge in [0.1, 0.15) is 6.04 Å². The van der Waals surface area contributed by atoms with Gasteiger partial charge >= 0.3 is 0 Å². The zero-order chi connectivity index (χ0) is 9.14. The molecule has 0 saturated carbocycles. The van der Waals surface area contributed by atoms with Crippen LogP contribution >= 0.6 is 0 Å². The van der Waals surface area contributed by atoms with E-state index in [1.54, 1.807) is 4.90 Å². The first-order valence-corrected chi connectivity index (χ1v) is 4.37. The van der Waals surface area contributed by atoms with Crippen LogP contribution in [0.3, 0.4) is 0 Å². The van der Waals surface area contributed by atoms with Crippen LogP contribution in [0.2, 0.25) is 0 Å². The van der Waals surface area contributed by atoms with Crippen molar-refractivity contribution in [3.05, 3.63) is 0 Å². The Morgan fingerprint density at radius 3 is 2.83 bits per heavy atom. The SMILES string of the molecule is CC(C)C(=O)N1CCCC1C#N. The highest BCUT2D eigenvalue weighted by Crippen LogP contribution is 2.18. The molecule has 3 heteroatoms. The van der Waals surface area contributed by atoms with Gasteiger partial charge in [0.2, 0.25) is 5.91 Å². The second-order valence-corrected chi connectivity index (χ2v) is 3.47. The molecule has 1 atom stereocenters. The van der Waals surface area contributed by atoms with E-state index in [1.807, 2.05) is 13.8 Å². The van der Waals surface area contributed by atoms with Crippen LogP contribution in [0.1, 0.15) is 26.7 Å². The van der Waals surface area contributed by atoms with Gasteiger partial charge < -0.3 is 4.90 Å². The Hall–Kier alpha value is -1.04. The largest absolute Gasteiger partial charge is 0.326 e. The standard InChI is InChI=1S/C9H14N2O/c1-7(2)9(12)11-5-3-4-8(11)6-10/h7-8H,3-5H2,1-2H3. The molecule has 66 valence electrons. The zero-order valence-corrected chi connectivity index (χ0v) is 7.58. The van der Waals surface area contributed by atoms with Crippen molar-refractivity contribution in [3.63, 3.8) is 0 Å². The first-order chi connectivity index (χ1) is 5.66. The summed E-state index contributed by atoms with van der Waals surface area (Å²) < 4.78 is 0. The molecule has 0 aromatic carbocycles. The Kier molecular flexibility index (Phi) is 2.69. The molecule has 1 aliphatic heterocycles. The fourth-order valence-corrected chi connectivity index (χ4v) is 1.50. The van der Waals surface area contributed by atoms with Crippen molar-refractivity contribution in [2.75, 3.05) is 6.54 Å². The van der Waals surface area contributed by atoms with Crippen molar-refractivity contribution in [1.82, 2.24) is 4.90 Å². The zero-order valence-electron chi connectivity index (χ0n) is 7.58. The fraction of sp³-hybridized carbons (Fsp3) is 0.778. The summed E-state index contributed by atoms with van der Waals surface area (Å²) in [6.45, 7) is 4.50. The van der Waals surface area contributed by atoms with E-state index in [0.717, 1.165) is 19.4 Å². The summed E-state index contributed by atoms with van der Waals surface area (Å²) in [5.41, 5.74) is 0. The lowest BCUT2D eigenvalue weighted by Gasteiger charge is -2.21. The summed E-state index contributed by atoms with van der Waals surface area (Å²) in [5, 5.41) is 8.72. The van der Waals surface area contributed by atoms with E-state index in [-0.39, 0.29) is 17.9 Å². The minimum Gasteiger partial charge on any atom is -0.326 e. The normalized spacial score (nSPS) is 22.8. The van der Waals surface area contributed by atoms with Gasteiger partial charge in [0.25, 0.3) is 0 Å². The van der Waals surface area contributed by atoms with Gasteiger partial charge in [0.15, 0.2) is 0 Å². The third-order valence-electron chi connectivity index (χ3n) is 2.18. The predicted molar refractivity (Wildman–Crippen MR) is 45.2 cm³/mol. The lowest BCUT2D eigenvalue weighted by atomic mass is 10.1. The highest BCUT2D eigenvalue weighted by atomic mass is 16.2. The van der Waals surface area contributed by atoms with Crippen LogP contribution in [0.25, 0.3) is 0 Å². The molecule has 0 radical (unpaired) electrons. The molecule has 1 saturated heterocycles. The van der Waals surface area contributed by atoms with Gasteiger partial charge in [-0.3, -0.25) is 4.79 Å². The molecular formula is C9H14N2O. The number of carbonyl (C=O) groups is 1. The molecule has 1 unspecified atom stereocenters. The highest BCUT2D eigenvalue weighted by Gasteiger charge is 2.29. The van der Waals surface area contributed by atoms with Crippen molar-refractivity contribution in [2.24, 2.45) is 5.92 Å². The van der Waals surface area contributed by atoms with Crippen LogP contribution in [0.4, 0.5) is 0 Å². The lowest BCUT2D eigenvalue weighted by Crippen LogP contribution is -2.37. The van der Waals surface area contributed by atoms with Crippen LogP contribution in [0, 0.1) is 17.2 Å². The Morgan fingerprint density at radius 2 is 2.33 bits per heavy atom. The second kappa shape index (κ2) is 3.57. The Labute approximate surface area is 73.0 Å². The van der Waals surface area contributed by atoms with Crippen molar-refractivity contribution in [1.29, 1.82) is 5.26 Å². The summed E-state index contributed by atoms with van der Waals surface area (Å²) in [4.78, 5) is 13.2. The van der Waals surface area contributed by atoms with E-state index in [1.165, 1.54) is 0 Å². The number of nitrogens with zero attached hydrogens (tertiary/aromatic N) is 2. The molecule has 0 aromatic heterocycles. The Morgan fingerprint density at radius 1 is 1.67 bits per heavy atom. The molecule has 0 bridgehead atoms. The maximum atomic E-state index is 11.5. The monoisotopic (exact) mass is 166 g/mol. The molecular weight excluding hydrogens is 152 g/mol. The highest BCUT2D eigenvalue weighted by molar-refractivity contribution is 5.79. The van der Waals surface area contributed by atoms with Crippen LogP contribution in [0.5, 0.6) is 0 Å². The van der Waals surface area contributed by atoms with Crippen LogP contribution in [0.15, 0.2) is 0 Å². The van der Waals surface area contributed by atoms with E-state index in [2.05, 4.69) is 6.07 Å². The number of likely N-dealkylation sites (tertiary alicyclic amines) is 1. The Bertz CT molecular complexity index is 217. The van der Waals surface area contributed by atoms with E-state index < -0.39 is 0 Å². The molecule has 1 heterocycles. The summed E-state index contributed by atoms with van der Waals surface area (Å²) in [6.07, 6.45) is 1.81. The van der Waals surface area contributed by atoms with Gasteiger partial charge in [0.05, 0.1) is 6.07 Å². The van der Waals surface area contributed by atoms with Gasteiger partial charge in [-0.2, -0.15) is 5.26 Å². The van der Waals surface area contributed by atoms with E-state index in [9.17, 15) is 4.79 Å². The molecule has 12 heavy (non-hydrogen) atoms. The molecule has 0 spiro atoms. The van der Waals surface area contributed by atoms with Crippen LogP contribution in [-0.4, -0.2) is 23.4 Å². The number of nitriles is 1. The van der Waals surface area contributed by atoms with Crippen LogP contribution in [-0.2, 0) is 4.79 Å². The van der Waals surface area contributed by atoms with Crippen molar-refractivity contribution >= 4 is 5.91 Å². The third kappa shape index (κ3) is 1.58. The molecule has 0 aromatic rings. The first-order valence-electron chi connectivity index (χ1n) is 4.37. The third-order valence-corrected chi connectivity index (χ3v) is 2.18. The minimum absolute atomic E-state index is 0.0129. The smallest absolute Gasteiger partial charge is 0.226 e. The number of rotatable bonds is 1. The molecule has 3 nitrogen and oxygen atoms in total. The van der Waals surface area contributed by atoms with Gasteiger partial charge in [0, 0.05) is 12.5 Å². The minimum atomic E-state index is -0.167. The first kappa shape index (κ1) is 9.05. The number of amides is 1. The van der Waals surface area contributed by atoms with Gasteiger partial charge in [-0.1, -0.05) is 13.8 Å². The van der Waals surface area contributed by atoms with E-state index in [0.29, 0.717) is 0 Å². The topological polar surface area (TPSA) is 44.1 Å². The van der Waals surface area contributed by atoms with Crippen molar-refractivity contribution in [3.8, 4) is 6.07 Å². The van der Waals surface area contributed by atoms with Gasteiger partial charge in [-0.05, 0) is 12.8 Å². The van der Waals surface area contributed by atoms with Crippen molar-refractivity contribution in [2.45, 2.75) is 32.7 Å². The molecule has 1 amide bonds.